The molecule has 0 saturated carbocycles. The van der Waals surface area contributed by atoms with Crippen LogP contribution in [0.25, 0.3) is 0 Å². The third-order valence-corrected chi connectivity index (χ3v) is 4.25. The number of halogens is 1. The maximum Gasteiger partial charge on any atom is 0.325 e. The van der Waals surface area contributed by atoms with Gasteiger partial charge in [-0.15, -0.1) is 0 Å². The SMILES string of the molecule is COc1cc(I)c(C(=O)NCC(=O)OCc2ccccc2)cc1OC. The summed E-state index contributed by atoms with van der Waals surface area (Å²) >= 11 is 2.03. The molecular weight excluding hydrogens is 437 g/mol. The minimum absolute atomic E-state index is 0.170. The van der Waals surface area contributed by atoms with E-state index in [-0.39, 0.29) is 19.1 Å². The standard InChI is InChI=1S/C18H18INO5/c1-23-15-8-13(14(19)9-16(15)24-2)18(22)20-10-17(21)25-11-12-6-4-3-5-7-12/h3-9H,10-11H2,1-2H3,(H,20,22). The molecular formula is C18H18INO5. The first-order valence-corrected chi connectivity index (χ1v) is 8.52. The van der Waals surface area contributed by atoms with Crippen molar-refractivity contribution in [3.8, 4) is 11.5 Å². The van der Waals surface area contributed by atoms with Crippen LogP contribution in [-0.4, -0.2) is 32.6 Å². The van der Waals surface area contributed by atoms with E-state index in [2.05, 4.69) is 5.32 Å². The summed E-state index contributed by atoms with van der Waals surface area (Å²) in [7, 11) is 3.02. The van der Waals surface area contributed by atoms with E-state index in [0.717, 1.165) is 5.56 Å². The number of hydrogen-bond donors (Lipinski definition) is 1. The van der Waals surface area contributed by atoms with Gasteiger partial charge >= 0.3 is 5.97 Å². The molecule has 7 heteroatoms. The highest BCUT2D eigenvalue weighted by molar-refractivity contribution is 14.1. The van der Waals surface area contributed by atoms with Crippen LogP contribution in [0.15, 0.2) is 42.5 Å². The molecule has 2 aromatic carbocycles. The summed E-state index contributed by atoms with van der Waals surface area (Å²) in [5.74, 6) is 0.0835. The first kappa shape index (κ1) is 19.0. The van der Waals surface area contributed by atoms with Crippen LogP contribution in [0.4, 0.5) is 0 Å². The zero-order valence-corrected chi connectivity index (χ0v) is 16.0. The zero-order chi connectivity index (χ0) is 18.2. The Kier molecular flexibility index (Phi) is 7.05. The smallest absolute Gasteiger partial charge is 0.325 e. The molecule has 1 amide bonds. The largest absolute Gasteiger partial charge is 0.493 e. The van der Waals surface area contributed by atoms with Crippen molar-refractivity contribution >= 4 is 34.5 Å². The lowest BCUT2D eigenvalue weighted by Crippen LogP contribution is -2.31. The van der Waals surface area contributed by atoms with E-state index < -0.39 is 5.97 Å². The molecule has 0 bridgehead atoms. The minimum atomic E-state index is -0.507. The van der Waals surface area contributed by atoms with Gasteiger partial charge in [-0.3, -0.25) is 9.59 Å². The Bertz CT molecular complexity index is 749. The molecule has 25 heavy (non-hydrogen) atoms. The molecule has 0 unspecified atom stereocenters. The van der Waals surface area contributed by atoms with Crippen LogP contribution in [0, 0.1) is 3.57 Å². The normalized spacial score (nSPS) is 10.0. The summed E-state index contributed by atoms with van der Waals surface area (Å²) in [6.45, 7) is -0.0421. The molecule has 0 aliphatic carbocycles. The van der Waals surface area contributed by atoms with Crippen LogP contribution < -0.4 is 14.8 Å². The molecule has 132 valence electrons. The lowest BCUT2D eigenvalue weighted by Gasteiger charge is -2.12. The third-order valence-electron chi connectivity index (χ3n) is 3.35. The topological polar surface area (TPSA) is 73.9 Å². The fourth-order valence-corrected chi connectivity index (χ4v) is 2.75. The number of carbonyl (C=O) groups is 2. The zero-order valence-electron chi connectivity index (χ0n) is 13.9. The molecule has 0 aliphatic rings. The monoisotopic (exact) mass is 455 g/mol. The second-order valence-electron chi connectivity index (χ2n) is 5.02. The van der Waals surface area contributed by atoms with E-state index in [9.17, 15) is 9.59 Å². The highest BCUT2D eigenvalue weighted by Crippen LogP contribution is 2.31. The first-order valence-electron chi connectivity index (χ1n) is 7.44. The van der Waals surface area contributed by atoms with Crippen molar-refractivity contribution in [3.63, 3.8) is 0 Å². The minimum Gasteiger partial charge on any atom is -0.493 e. The molecule has 0 heterocycles. The van der Waals surface area contributed by atoms with E-state index in [4.69, 9.17) is 14.2 Å². The molecule has 0 fully saturated rings. The van der Waals surface area contributed by atoms with Gasteiger partial charge in [-0.25, -0.2) is 0 Å². The van der Waals surface area contributed by atoms with Gasteiger partial charge in [0, 0.05) is 3.57 Å². The average molecular weight is 455 g/mol. The number of esters is 1. The van der Waals surface area contributed by atoms with Crippen LogP contribution in [-0.2, 0) is 16.1 Å². The number of hydrogen-bond acceptors (Lipinski definition) is 5. The van der Waals surface area contributed by atoms with Crippen molar-refractivity contribution in [2.75, 3.05) is 20.8 Å². The Hall–Kier alpha value is -2.29. The number of rotatable bonds is 7. The van der Waals surface area contributed by atoms with Crippen LogP contribution in [0.2, 0.25) is 0 Å². The van der Waals surface area contributed by atoms with E-state index in [1.807, 2.05) is 52.9 Å². The van der Waals surface area contributed by atoms with Crippen molar-refractivity contribution < 1.29 is 23.8 Å². The molecule has 0 radical (unpaired) electrons. The summed E-state index contributed by atoms with van der Waals surface area (Å²) in [6, 6.07) is 12.6. The maximum absolute atomic E-state index is 12.3. The van der Waals surface area contributed by atoms with E-state index in [1.165, 1.54) is 14.2 Å². The van der Waals surface area contributed by atoms with Crippen LogP contribution in [0.5, 0.6) is 11.5 Å². The maximum atomic E-state index is 12.3. The third kappa shape index (κ3) is 5.35. The van der Waals surface area contributed by atoms with Crippen molar-refractivity contribution in [2.45, 2.75) is 6.61 Å². The molecule has 0 aromatic heterocycles. The Labute approximate surface area is 159 Å². The average Bonchev–Trinajstić information content (AvgIpc) is 2.64. The van der Waals surface area contributed by atoms with Crippen LogP contribution >= 0.6 is 22.6 Å². The second kappa shape index (κ2) is 9.26. The van der Waals surface area contributed by atoms with Gasteiger partial charge in [0.2, 0.25) is 0 Å². The van der Waals surface area contributed by atoms with Crippen molar-refractivity contribution in [1.29, 1.82) is 0 Å². The van der Waals surface area contributed by atoms with E-state index in [0.29, 0.717) is 20.6 Å². The van der Waals surface area contributed by atoms with E-state index in [1.54, 1.807) is 12.1 Å². The molecule has 0 spiro atoms. The summed E-state index contributed by atoms with van der Waals surface area (Å²) < 4.78 is 16.2. The van der Waals surface area contributed by atoms with Gasteiger partial charge in [-0.2, -0.15) is 0 Å². The number of methoxy groups -OCH3 is 2. The van der Waals surface area contributed by atoms with Gasteiger partial charge in [0.1, 0.15) is 13.2 Å². The van der Waals surface area contributed by atoms with Crippen LogP contribution in [0.1, 0.15) is 15.9 Å². The molecule has 0 atom stereocenters. The Morgan fingerprint density at radius 3 is 2.32 bits per heavy atom. The fourth-order valence-electron chi connectivity index (χ4n) is 2.06. The molecule has 2 aromatic rings. The molecule has 1 N–H and O–H groups in total. The molecule has 0 saturated heterocycles. The Morgan fingerprint density at radius 1 is 1.04 bits per heavy atom. The Morgan fingerprint density at radius 2 is 1.68 bits per heavy atom. The number of ether oxygens (including phenoxy) is 3. The Balaban J connectivity index is 1.92. The summed E-state index contributed by atoms with van der Waals surface area (Å²) in [5.41, 5.74) is 1.28. The molecule has 2 rings (SSSR count). The summed E-state index contributed by atoms with van der Waals surface area (Å²) in [5, 5.41) is 2.55. The molecule has 6 nitrogen and oxygen atoms in total. The predicted octanol–water partition coefficient (Wildman–Crippen LogP) is 2.78. The first-order chi connectivity index (χ1) is 12.0. The van der Waals surface area contributed by atoms with E-state index >= 15 is 0 Å². The molecule has 0 aliphatic heterocycles. The number of amides is 1. The van der Waals surface area contributed by atoms with Crippen molar-refractivity contribution in [3.05, 3.63) is 57.2 Å². The van der Waals surface area contributed by atoms with Gasteiger partial charge in [0.25, 0.3) is 5.91 Å². The van der Waals surface area contributed by atoms with Gasteiger partial charge in [-0.05, 0) is 40.3 Å². The summed E-state index contributed by atoms with van der Waals surface area (Å²) in [6.07, 6.45) is 0. The highest BCUT2D eigenvalue weighted by Gasteiger charge is 2.16. The van der Waals surface area contributed by atoms with Crippen molar-refractivity contribution in [1.82, 2.24) is 5.32 Å². The number of benzene rings is 2. The predicted molar refractivity (Wildman–Crippen MR) is 101 cm³/mol. The van der Waals surface area contributed by atoms with Gasteiger partial charge in [-0.1, -0.05) is 30.3 Å². The number of carbonyl (C=O) groups excluding carboxylic acids is 2. The highest BCUT2D eigenvalue weighted by atomic mass is 127. The second-order valence-corrected chi connectivity index (χ2v) is 6.18. The van der Waals surface area contributed by atoms with Crippen molar-refractivity contribution in [2.24, 2.45) is 0 Å². The van der Waals surface area contributed by atoms with Gasteiger partial charge in [0.05, 0.1) is 19.8 Å². The number of nitrogens with one attached hydrogen (secondary N) is 1. The van der Waals surface area contributed by atoms with Gasteiger partial charge in [0.15, 0.2) is 11.5 Å². The lowest BCUT2D eigenvalue weighted by molar-refractivity contribution is -0.143. The quantitative estimate of drug-likeness (QED) is 0.514. The lowest BCUT2D eigenvalue weighted by atomic mass is 10.2. The van der Waals surface area contributed by atoms with Crippen LogP contribution in [0.3, 0.4) is 0 Å². The van der Waals surface area contributed by atoms with Gasteiger partial charge < -0.3 is 19.5 Å². The summed E-state index contributed by atoms with van der Waals surface area (Å²) in [4.78, 5) is 24.1. The fraction of sp³-hybridized carbons (Fsp3) is 0.222.